The minimum Gasteiger partial charge on any atom is -0.480 e. The fraction of sp³-hybridized carbons (Fsp3) is 0.360. The molecule has 0 radical (unpaired) electrons. The number of aliphatic carboxylic acids is 1. The smallest absolute Gasteiger partial charge is 0.328 e. The molecule has 1 aliphatic rings. The molecular weight excluding hydrogens is 438 g/mol. The number of rotatable bonds is 6. The number of nitrogens with one attached hydrogen (secondary N) is 2. The summed E-state index contributed by atoms with van der Waals surface area (Å²) in [4.78, 5) is 40.6. The third-order valence-electron chi connectivity index (χ3n) is 6.30. The number of fused-ring (bicyclic) bond motifs is 1. The maximum Gasteiger partial charge on any atom is 0.328 e. The Bertz CT molecular complexity index is 1180. The van der Waals surface area contributed by atoms with Crippen molar-refractivity contribution < 1.29 is 19.5 Å². The van der Waals surface area contributed by atoms with E-state index in [0.717, 1.165) is 41.6 Å². The van der Waals surface area contributed by atoms with Gasteiger partial charge >= 0.3 is 5.97 Å². The van der Waals surface area contributed by atoms with Gasteiger partial charge in [-0.25, -0.2) is 9.78 Å². The highest BCUT2D eigenvalue weighted by Gasteiger charge is 2.33. The molecule has 172 valence electrons. The molecule has 4 rings (SSSR count). The summed E-state index contributed by atoms with van der Waals surface area (Å²) >= 11 is 1.51. The van der Waals surface area contributed by atoms with E-state index >= 15 is 0 Å². The third kappa shape index (κ3) is 5.22. The van der Waals surface area contributed by atoms with Gasteiger partial charge in [0.25, 0.3) is 5.91 Å². The van der Waals surface area contributed by atoms with Crippen molar-refractivity contribution in [3.05, 3.63) is 59.1 Å². The second-order valence-corrected chi connectivity index (χ2v) is 9.97. The molecule has 1 saturated carbocycles. The highest BCUT2D eigenvalue weighted by Crippen LogP contribution is 2.36. The summed E-state index contributed by atoms with van der Waals surface area (Å²) in [5, 5.41) is 14.8. The minimum absolute atomic E-state index is 0.158. The number of amides is 2. The van der Waals surface area contributed by atoms with Crippen LogP contribution in [0.3, 0.4) is 0 Å². The van der Waals surface area contributed by atoms with Gasteiger partial charge in [0.05, 0.1) is 15.7 Å². The molecule has 0 spiro atoms. The molecule has 8 heteroatoms. The second kappa shape index (κ2) is 9.31. The molecule has 1 aliphatic carbocycles. The van der Waals surface area contributed by atoms with Gasteiger partial charge in [0.15, 0.2) is 0 Å². The van der Waals surface area contributed by atoms with E-state index in [-0.39, 0.29) is 17.7 Å². The molecule has 0 bridgehead atoms. The van der Waals surface area contributed by atoms with Crippen LogP contribution in [0.1, 0.15) is 61.4 Å². The molecule has 1 fully saturated rings. The van der Waals surface area contributed by atoms with Gasteiger partial charge in [0, 0.05) is 17.2 Å². The maximum absolute atomic E-state index is 12.6. The first-order chi connectivity index (χ1) is 15.7. The van der Waals surface area contributed by atoms with Crippen molar-refractivity contribution in [2.45, 2.75) is 51.0 Å². The van der Waals surface area contributed by atoms with Gasteiger partial charge in [-0.05, 0) is 81.3 Å². The minimum atomic E-state index is -1.26. The molecule has 1 aromatic heterocycles. The Morgan fingerprint density at radius 1 is 1.03 bits per heavy atom. The van der Waals surface area contributed by atoms with Crippen molar-refractivity contribution in [2.24, 2.45) is 5.92 Å². The van der Waals surface area contributed by atoms with E-state index in [1.807, 2.05) is 36.4 Å². The number of aromatic nitrogens is 1. The van der Waals surface area contributed by atoms with Crippen LogP contribution in [0, 0.1) is 5.92 Å². The predicted molar refractivity (Wildman–Crippen MR) is 129 cm³/mol. The molecule has 0 atom stereocenters. The van der Waals surface area contributed by atoms with Gasteiger partial charge in [-0.1, -0.05) is 12.1 Å². The Balaban J connectivity index is 1.32. The van der Waals surface area contributed by atoms with Crippen LogP contribution in [0.2, 0.25) is 0 Å². The summed E-state index contributed by atoms with van der Waals surface area (Å²) < 4.78 is 0.980. The first-order valence-corrected chi connectivity index (χ1v) is 11.9. The number of hydrogen-bond donors (Lipinski definition) is 3. The monoisotopic (exact) mass is 465 g/mol. The van der Waals surface area contributed by atoms with Gasteiger partial charge in [-0.2, -0.15) is 0 Å². The van der Waals surface area contributed by atoms with E-state index in [4.69, 9.17) is 0 Å². The second-order valence-electron chi connectivity index (χ2n) is 9.08. The van der Waals surface area contributed by atoms with Crippen LogP contribution >= 0.6 is 11.3 Å². The van der Waals surface area contributed by atoms with Crippen LogP contribution in [-0.2, 0) is 9.59 Å². The Morgan fingerprint density at radius 3 is 2.39 bits per heavy atom. The lowest BCUT2D eigenvalue weighted by Crippen LogP contribution is -2.51. The number of nitrogens with zero attached hydrogens (tertiary/aromatic N) is 1. The lowest BCUT2D eigenvalue weighted by molar-refractivity contribution is -0.146. The first kappa shape index (κ1) is 22.9. The largest absolute Gasteiger partial charge is 0.480 e. The van der Waals surface area contributed by atoms with Gasteiger partial charge in [-0.3, -0.25) is 9.59 Å². The van der Waals surface area contributed by atoms with Gasteiger partial charge in [-0.15, -0.1) is 11.3 Å². The molecule has 3 N–H and O–H groups in total. The Labute approximate surface area is 196 Å². The summed E-state index contributed by atoms with van der Waals surface area (Å²) in [7, 11) is 0. The summed E-state index contributed by atoms with van der Waals surface area (Å²) in [5.74, 6) is -1.19. The third-order valence-corrected chi connectivity index (χ3v) is 7.09. The number of benzene rings is 2. The molecule has 3 aromatic rings. The lowest BCUT2D eigenvalue weighted by Gasteiger charge is -2.30. The number of hydrogen-bond acceptors (Lipinski definition) is 5. The number of carbonyl (C=O) groups excluding carboxylic acids is 2. The topological polar surface area (TPSA) is 108 Å². The first-order valence-electron chi connectivity index (χ1n) is 11.0. The van der Waals surface area contributed by atoms with Gasteiger partial charge in [0.1, 0.15) is 5.54 Å². The van der Waals surface area contributed by atoms with Crippen molar-refractivity contribution in [1.82, 2.24) is 10.3 Å². The quantitative estimate of drug-likeness (QED) is 0.484. The summed E-state index contributed by atoms with van der Waals surface area (Å²) in [5.41, 5.74) is 3.90. The summed E-state index contributed by atoms with van der Waals surface area (Å²) in [6, 6.07) is 13.4. The average molecular weight is 466 g/mol. The van der Waals surface area contributed by atoms with Crippen molar-refractivity contribution >= 4 is 45.0 Å². The van der Waals surface area contributed by atoms with Gasteiger partial charge in [0.2, 0.25) is 5.91 Å². The molecule has 33 heavy (non-hydrogen) atoms. The van der Waals surface area contributed by atoms with Crippen molar-refractivity contribution in [1.29, 1.82) is 0 Å². The number of anilines is 1. The fourth-order valence-corrected chi connectivity index (χ4v) is 4.91. The molecule has 0 aliphatic heterocycles. The van der Waals surface area contributed by atoms with Crippen LogP contribution in [0.4, 0.5) is 5.69 Å². The predicted octanol–water partition coefficient (Wildman–Crippen LogP) is 4.80. The normalized spacial score (nSPS) is 18.6. The lowest BCUT2D eigenvalue weighted by atomic mass is 9.78. The fourth-order valence-electron chi connectivity index (χ4n) is 4.19. The molecule has 0 saturated heterocycles. The van der Waals surface area contributed by atoms with E-state index in [2.05, 4.69) is 15.6 Å². The summed E-state index contributed by atoms with van der Waals surface area (Å²) in [6.45, 7) is 2.99. The molecule has 7 nitrogen and oxygen atoms in total. The molecule has 2 amide bonds. The van der Waals surface area contributed by atoms with Crippen molar-refractivity contribution in [3.63, 3.8) is 0 Å². The number of carboxylic acid groups (broad SMARTS) is 1. The van der Waals surface area contributed by atoms with Crippen LogP contribution in [0.5, 0.6) is 0 Å². The van der Waals surface area contributed by atoms with Crippen molar-refractivity contribution in [3.8, 4) is 0 Å². The zero-order valence-electron chi connectivity index (χ0n) is 18.6. The number of carboxylic acids is 1. The van der Waals surface area contributed by atoms with Crippen LogP contribution in [-0.4, -0.2) is 33.4 Å². The average Bonchev–Trinajstić information content (AvgIpc) is 3.27. The highest BCUT2D eigenvalue weighted by molar-refractivity contribution is 7.16. The zero-order valence-corrected chi connectivity index (χ0v) is 19.4. The van der Waals surface area contributed by atoms with E-state index in [1.165, 1.54) is 30.7 Å². The summed E-state index contributed by atoms with van der Waals surface area (Å²) in [6.07, 6.45) is 3.19. The molecule has 2 aromatic carbocycles. The molecular formula is C25H27N3O4S. The van der Waals surface area contributed by atoms with E-state index < -0.39 is 11.5 Å². The number of carbonyl (C=O) groups is 3. The Morgan fingerprint density at radius 2 is 1.73 bits per heavy atom. The zero-order chi connectivity index (χ0) is 23.6. The van der Waals surface area contributed by atoms with Crippen LogP contribution in [0.25, 0.3) is 10.2 Å². The Hall–Kier alpha value is -3.26. The standard InChI is InChI=1S/C25H27N3O4S/c1-25(2,24(31)32)28-23(30)17-5-3-15(4-6-17)16-7-10-19(11-8-16)27-22(29)18-9-12-20-21(13-18)33-14-26-20/h7-15,17H,3-6H2,1-2H3,(H,27,29)(H,28,30)(H,31,32). The molecule has 0 unspecified atom stereocenters. The van der Waals surface area contributed by atoms with Crippen molar-refractivity contribution in [2.75, 3.05) is 5.32 Å². The Kier molecular flexibility index (Phi) is 6.47. The maximum atomic E-state index is 12.6. The van der Waals surface area contributed by atoms with Crippen LogP contribution < -0.4 is 10.6 Å². The van der Waals surface area contributed by atoms with Gasteiger partial charge < -0.3 is 15.7 Å². The van der Waals surface area contributed by atoms with Crippen LogP contribution in [0.15, 0.2) is 48.0 Å². The number of thiazole rings is 1. The SMILES string of the molecule is CC(C)(NC(=O)C1CCC(c2ccc(NC(=O)c3ccc4ncsc4c3)cc2)CC1)C(=O)O. The van der Waals surface area contributed by atoms with E-state index in [9.17, 15) is 19.5 Å². The molecule has 1 heterocycles. The van der Waals surface area contributed by atoms with E-state index in [1.54, 1.807) is 11.6 Å². The highest BCUT2D eigenvalue weighted by atomic mass is 32.1. The van der Waals surface area contributed by atoms with E-state index in [0.29, 0.717) is 11.5 Å².